The molecular weight excluding hydrogens is 412 g/mol. The van der Waals surface area contributed by atoms with Crippen LogP contribution < -0.4 is 10.6 Å². The van der Waals surface area contributed by atoms with E-state index in [4.69, 9.17) is 11.6 Å². The van der Waals surface area contributed by atoms with Crippen LogP contribution in [0.3, 0.4) is 0 Å². The summed E-state index contributed by atoms with van der Waals surface area (Å²) in [6.07, 6.45) is 2.65. The van der Waals surface area contributed by atoms with Gasteiger partial charge in [0.1, 0.15) is 12.1 Å². The van der Waals surface area contributed by atoms with Crippen molar-refractivity contribution in [3.63, 3.8) is 0 Å². The van der Waals surface area contributed by atoms with Gasteiger partial charge in [-0.1, -0.05) is 23.7 Å². The lowest BCUT2D eigenvalue weighted by Gasteiger charge is -2.10. The number of aromatic nitrogens is 3. The Morgan fingerprint density at radius 3 is 2.40 bits per heavy atom. The molecule has 0 fully saturated rings. The van der Waals surface area contributed by atoms with Crippen molar-refractivity contribution >= 4 is 56.4 Å². The van der Waals surface area contributed by atoms with Gasteiger partial charge in [0.05, 0.1) is 15.6 Å². The predicted molar refractivity (Wildman–Crippen MR) is 98.6 cm³/mol. The van der Waals surface area contributed by atoms with Crippen LogP contribution in [0.4, 0.5) is 28.8 Å². The summed E-state index contributed by atoms with van der Waals surface area (Å²) >= 11 is 9.17. The number of nitro groups is 1. The molecule has 0 bridgehead atoms. The van der Waals surface area contributed by atoms with Crippen LogP contribution in [0.15, 0.2) is 53.4 Å². The largest absolute Gasteiger partial charge is 0.353 e. The van der Waals surface area contributed by atoms with E-state index in [0.29, 0.717) is 16.5 Å². The molecule has 2 N–H and O–H groups in total. The van der Waals surface area contributed by atoms with E-state index in [9.17, 15) is 10.1 Å². The number of nitrogens with one attached hydrogen (secondary N) is 2. The Morgan fingerprint density at radius 2 is 1.76 bits per heavy atom. The van der Waals surface area contributed by atoms with Gasteiger partial charge in [0, 0.05) is 10.7 Å². The third kappa shape index (κ3) is 4.01. The molecule has 0 amide bonds. The number of hydrogen-bond donors (Lipinski definition) is 2. The van der Waals surface area contributed by atoms with Crippen LogP contribution in [0.2, 0.25) is 5.02 Å². The first-order valence-corrected chi connectivity index (χ1v) is 8.11. The highest BCUT2D eigenvalue weighted by Gasteiger charge is 2.24. The van der Waals surface area contributed by atoms with Crippen LogP contribution >= 0.6 is 27.5 Å². The molecular formula is C15H10BrClN6O2. The summed E-state index contributed by atoms with van der Waals surface area (Å²) in [4.78, 5) is 23.0. The summed E-state index contributed by atoms with van der Waals surface area (Å²) in [6, 6.07) is 10.4. The molecule has 25 heavy (non-hydrogen) atoms. The molecule has 10 heteroatoms. The minimum absolute atomic E-state index is 0.0179. The molecule has 0 aliphatic carbocycles. The number of benzene rings is 1. The molecule has 1 aromatic carbocycles. The van der Waals surface area contributed by atoms with Crippen molar-refractivity contribution in [2.45, 2.75) is 0 Å². The van der Waals surface area contributed by atoms with Crippen molar-refractivity contribution in [3.05, 3.63) is 68.5 Å². The van der Waals surface area contributed by atoms with Gasteiger partial charge >= 0.3 is 5.69 Å². The molecule has 0 aliphatic rings. The quantitative estimate of drug-likeness (QED) is 0.455. The highest BCUT2D eigenvalue weighted by molar-refractivity contribution is 9.10. The van der Waals surface area contributed by atoms with E-state index in [0.717, 1.165) is 4.47 Å². The highest BCUT2D eigenvalue weighted by Crippen LogP contribution is 2.34. The van der Waals surface area contributed by atoms with Gasteiger partial charge in [0.2, 0.25) is 11.6 Å². The molecule has 0 saturated carbocycles. The van der Waals surface area contributed by atoms with Gasteiger partial charge in [-0.25, -0.2) is 15.0 Å². The van der Waals surface area contributed by atoms with Crippen molar-refractivity contribution in [2.75, 3.05) is 10.6 Å². The Morgan fingerprint density at radius 1 is 1.04 bits per heavy atom. The van der Waals surface area contributed by atoms with Crippen molar-refractivity contribution in [2.24, 2.45) is 0 Å². The van der Waals surface area contributed by atoms with E-state index in [2.05, 4.69) is 41.5 Å². The first kappa shape index (κ1) is 17.1. The zero-order valence-corrected chi connectivity index (χ0v) is 14.8. The first-order chi connectivity index (χ1) is 12.0. The van der Waals surface area contributed by atoms with Crippen LogP contribution in [-0.2, 0) is 0 Å². The van der Waals surface area contributed by atoms with E-state index in [-0.39, 0.29) is 17.3 Å². The summed E-state index contributed by atoms with van der Waals surface area (Å²) in [7, 11) is 0. The standard InChI is InChI=1S/C15H10BrClN6O2/c16-10-3-1-2-4-11(10)21-14-13(23(24)25)15(20-8-19-14)22-12-6-5-9(17)7-18-12/h1-8H,(H2,18,19,20,21,22). The van der Waals surface area contributed by atoms with E-state index in [1.807, 2.05) is 12.1 Å². The zero-order chi connectivity index (χ0) is 17.8. The SMILES string of the molecule is O=[N+]([O-])c1c(Nc2ccc(Cl)cn2)ncnc1Nc1ccccc1Br. The second-order valence-corrected chi connectivity index (χ2v) is 6.06. The lowest BCUT2D eigenvalue weighted by molar-refractivity contribution is -0.383. The topological polar surface area (TPSA) is 106 Å². The van der Waals surface area contributed by atoms with Crippen molar-refractivity contribution in [1.82, 2.24) is 15.0 Å². The Bertz CT molecular complexity index is 922. The van der Waals surface area contributed by atoms with Crippen LogP contribution in [0.1, 0.15) is 0 Å². The maximum atomic E-state index is 11.6. The predicted octanol–water partition coefficient (Wildman–Crippen LogP) is 4.68. The summed E-state index contributed by atoms with van der Waals surface area (Å²) in [5.41, 5.74) is 0.342. The number of anilines is 4. The van der Waals surface area contributed by atoms with Crippen molar-refractivity contribution < 1.29 is 4.92 Å². The fourth-order valence-electron chi connectivity index (χ4n) is 2.00. The van der Waals surface area contributed by atoms with Crippen LogP contribution in [0.5, 0.6) is 0 Å². The Hall–Kier alpha value is -2.78. The number of hydrogen-bond acceptors (Lipinski definition) is 7. The van der Waals surface area contributed by atoms with Gasteiger partial charge in [0.25, 0.3) is 0 Å². The smallest absolute Gasteiger partial charge is 0.333 e. The van der Waals surface area contributed by atoms with Crippen LogP contribution in [0, 0.1) is 10.1 Å². The third-order valence-corrected chi connectivity index (χ3v) is 4.02. The molecule has 0 atom stereocenters. The molecule has 8 nitrogen and oxygen atoms in total. The van der Waals surface area contributed by atoms with E-state index >= 15 is 0 Å². The maximum Gasteiger partial charge on any atom is 0.353 e. The normalized spacial score (nSPS) is 10.3. The average Bonchev–Trinajstić information content (AvgIpc) is 2.59. The molecule has 3 rings (SSSR count). The van der Waals surface area contributed by atoms with Gasteiger partial charge in [0.15, 0.2) is 0 Å². The minimum Gasteiger partial charge on any atom is -0.333 e. The molecule has 0 spiro atoms. The van der Waals surface area contributed by atoms with E-state index in [1.54, 1.807) is 24.3 Å². The minimum atomic E-state index is -0.558. The molecule has 0 aliphatic heterocycles. The fraction of sp³-hybridized carbons (Fsp3) is 0. The molecule has 2 aromatic heterocycles. The molecule has 126 valence electrons. The van der Waals surface area contributed by atoms with Gasteiger partial charge in [-0.15, -0.1) is 0 Å². The number of pyridine rings is 1. The maximum absolute atomic E-state index is 11.6. The van der Waals surface area contributed by atoms with Gasteiger partial charge in [-0.3, -0.25) is 10.1 Å². The summed E-state index contributed by atoms with van der Waals surface area (Å²) in [5, 5.41) is 17.8. The number of para-hydroxylation sites is 1. The molecule has 2 heterocycles. The summed E-state index contributed by atoms with van der Waals surface area (Å²) < 4.78 is 0.747. The highest BCUT2D eigenvalue weighted by atomic mass is 79.9. The fourth-order valence-corrected chi connectivity index (χ4v) is 2.49. The second-order valence-electron chi connectivity index (χ2n) is 4.77. The third-order valence-electron chi connectivity index (χ3n) is 3.11. The number of nitrogens with zero attached hydrogens (tertiary/aromatic N) is 4. The average molecular weight is 422 g/mol. The van der Waals surface area contributed by atoms with E-state index < -0.39 is 4.92 Å². The lowest BCUT2D eigenvalue weighted by atomic mass is 10.3. The number of halogens is 2. The summed E-state index contributed by atoms with van der Waals surface area (Å²) in [6.45, 7) is 0. The molecule has 0 radical (unpaired) electrons. The van der Waals surface area contributed by atoms with Gasteiger partial charge < -0.3 is 10.6 Å². The van der Waals surface area contributed by atoms with Crippen LogP contribution in [0.25, 0.3) is 0 Å². The zero-order valence-electron chi connectivity index (χ0n) is 12.5. The first-order valence-electron chi connectivity index (χ1n) is 6.94. The van der Waals surface area contributed by atoms with Gasteiger partial charge in [-0.2, -0.15) is 0 Å². The van der Waals surface area contributed by atoms with Crippen molar-refractivity contribution in [1.29, 1.82) is 0 Å². The molecule has 0 unspecified atom stereocenters. The Balaban J connectivity index is 1.98. The number of rotatable bonds is 5. The summed E-state index contributed by atoms with van der Waals surface area (Å²) in [5.74, 6) is 0.450. The lowest BCUT2D eigenvalue weighted by Crippen LogP contribution is -2.06. The van der Waals surface area contributed by atoms with Crippen molar-refractivity contribution in [3.8, 4) is 0 Å². The van der Waals surface area contributed by atoms with Gasteiger partial charge in [-0.05, 0) is 40.2 Å². The Kier molecular flexibility index (Phi) is 5.05. The monoisotopic (exact) mass is 420 g/mol. The Labute approximate surface area is 155 Å². The second kappa shape index (κ2) is 7.41. The van der Waals surface area contributed by atoms with E-state index in [1.165, 1.54) is 12.5 Å². The molecule has 0 saturated heterocycles. The molecule has 3 aromatic rings. The van der Waals surface area contributed by atoms with Crippen LogP contribution in [-0.4, -0.2) is 19.9 Å².